The van der Waals surface area contributed by atoms with Crippen molar-refractivity contribution in [1.29, 1.82) is 0 Å². The highest BCUT2D eigenvalue weighted by atomic mass is 19.4. The van der Waals surface area contributed by atoms with E-state index in [9.17, 15) is 33.2 Å². The molecule has 0 aliphatic heterocycles. The largest absolute Gasteiger partial charge is 0.502 e. The predicted octanol–water partition coefficient (Wildman–Crippen LogP) is 5.13. The molecule has 0 spiro atoms. The maximum Gasteiger partial charge on any atom is 0.391 e. The van der Waals surface area contributed by atoms with Crippen molar-refractivity contribution in [2.24, 2.45) is 5.92 Å². The summed E-state index contributed by atoms with van der Waals surface area (Å²) in [7, 11) is 1.24. The Hall–Kier alpha value is -3.10. The van der Waals surface area contributed by atoms with Crippen molar-refractivity contribution < 1.29 is 32.7 Å². The van der Waals surface area contributed by atoms with Crippen LogP contribution in [0.25, 0.3) is 0 Å². The third-order valence-electron chi connectivity index (χ3n) is 5.89. The molecule has 1 aliphatic carbocycles. The molecule has 0 radical (unpaired) electrons. The van der Waals surface area contributed by atoms with Crippen molar-refractivity contribution in [1.82, 2.24) is 0 Å². The summed E-state index contributed by atoms with van der Waals surface area (Å²) in [5.74, 6) is -2.49. The van der Waals surface area contributed by atoms with Crippen molar-refractivity contribution in [3.63, 3.8) is 0 Å². The maximum atomic E-state index is 13.2. The van der Waals surface area contributed by atoms with Crippen molar-refractivity contribution >= 4 is 11.7 Å². The predicted molar refractivity (Wildman–Crippen MR) is 101 cm³/mol. The standard InChI is InChI=1S/C21H20F3NO5/c1-30-19(27)13-2-4-14(5-3-13)20(10-8-15(9-11-20)21(22,23)24)16-6-7-18(26)17(12-16)25(28)29/h2-7,12,15,26H,8-11H2,1H3. The Morgan fingerprint density at radius 2 is 1.70 bits per heavy atom. The van der Waals surface area contributed by atoms with Crippen molar-refractivity contribution in [3.05, 3.63) is 69.3 Å². The highest BCUT2D eigenvalue weighted by Crippen LogP contribution is 2.51. The number of benzene rings is 2. The van der Waals surface area contributed by atoms with Gasteiger partial charge in [-0.1, -0.05) is 18.2 Å². The van der Waals surface area contributed by atoms with E-state index in [0.717, 1.165) is 0 Å². The summed E-state index contributed by atoms with van der Waals surface area (Å²) in [6.07, 6.45) is -4.32. The van der Waals surface area contributed by atoms with Crippen LogP contribution in [0.5, 0.6) is 5.75 Å². The molecule has 0 amide bonds. The van der Waals surface area contributed by atoms with Crippen LogP contribution >= 0.6 is 0 Å². The third-order valence-corrected chi connectivity index (χ3v) is 5.89. The number of nitro groups is 1. The molecule has 1 saturated carbocycles. The molecule has 0 saturated heterocycles. The van der Waals surface area contributed by atoms with Crippen LogP contribution < -0.4 is 0 Å². The minimum absolute atomic E-state index is 0.122. The van der Waals surface area contributed by atoms with Gasteiger partial charge in [-0.2, -0.15) is 13.2 Å². The molecular weight excluding hydrogens is 403 g/mol. The molecule has 1 N–H and O–H groups in total. The van der Waals surface area contributed by atoms with E-state index in [-0.39, 0.29) is 31.2 Å². The van der Waals surface area contributed by atoms with Gasteiger partial charge in [0.05, 0.1) is 23.5 Å². The van der Waals surface area contributed by atoms with Crippen molar-refractivity contribution in [3.8, 4) is 5.75 Å². The number of esters is 1. The average molecular weight is 423 g/mol. The van der Waals surface area contributed by atoms with E-state index < -0.39 is 39.8 Å². The molecule has 1 fully saturated rings. The average Bonchev–Trinajstić information content (AvgIpc) is 2.72. The maximum absolute atomic E-state index is 13.2. The monoisotopic (exact) mass is 423 g/mol. The summed E-state index contributed by atoms with van der Waals surface area (Å²) < 4.78 is 44.4. The van der Waals surface area contributed by atoms with E-state index in [1.807, 2.05) is 0 Å². The Bertz CT molecular complexity index is 948. The second-order valence-corrected chi connectivity index (χ2v) is 7.43. The van der Waals surface area contributed by atoms with E-state index in [4.69, 9.17) is 0 Å². The molecule has 0 atom stereocenters. The number of nitrogens with zero attached hydrogens (tertiary/aromatic N) is 1. The first-order valence-electron chi connectivity index (χ1n) is 9.32. The fourth-order valence-corrected chi connectivity index (χ4v) is 4.19. The van der Waals surface area contributed by atoms with Gasteiger partial charge < -0.3 is 9.84 Å². The van der Waals surface area contributed by atoms with Gasteiger partial charge in [-0.05, 0) is 55.0 Å². The number of halogens is 3. The molecule has 30 heavy (non-hydrogen) atoms. The number of aromatic hydroxyl groups is 1. The lowest BCUT2D eigenvalue weighted by atomic mass is 9.63. The Morgan fingerprint density at radius 3 is 2.20 bits per heavy atom. The Morgan fingerprint density at radius 1 is 1.13 bits per heavy atom. The van der Waals surface area contributed by atoms with Crippen LogP contribution in [0.1, 0.15) is 47.2 Å². The molecular formula is C21H20F3NO5. The number of alkyl halides is 3. The fourth-order valence-electron chi connectivity index (χ4n) is 4.19. The third kappa shape index (κ3) is 3.96. The van der Waals surface area contributed by atoms with Gasteiger partial charge in [0.2, 0.25) is 0 Å². The van der Waals surface area contributed by atoms with Gasteiger partial charge in [0.15, 0.2) is 5.75 Å². The van der Waals surface area contributed by atoms with Crippen LogP contribution in [0.2, 0.25) is 0 Å². The molecule has 0 bridgehead atoms. The number of phenolic OH excluding ortho intramolecular Hbond substituents is 1. The van der Waals surface area contributed by atoms with Gasteiger partial charge in [0, 0.05) is 11.5 Å². The quantitative estimate of drug-likeness (QED) is 0.419. The molecule has 2 aromatic rings. The highest BCUT2D eigenvalue weighted by molar-refractivity contribution is 5.89. The van der Waals surface area contributed by atoms with Gasteiger partial charge in [0.25, 0.3) is 0 Å². The molecule has 3 rings (SSSR count). The number of hydrogen-bond acceptors (Lipinski definition) is 5. The lowest BCUT2D eigenvalue weighted by molar-refractivity contribution is -0.386. The molecule has 6 nitrogen and oxygen atoms in total. The first-order valence-corrected chi connectivity index (χ1v) is 9.32. The SMILES string of the molecule is COC(=O)c1ccc(C2(c3ccc(O)c([N+](=O)[O-])c3)CCC(C(F)(F)F)CC2)cc1. The normalized spacial score (nSPS) is 21.8. The van der Waals surface area contributed by atoms with E-state index in [0.29, 0.717) is 11.1 Å². The van der Waals surface area contributed by atoms with Crippen molar-refractivity contribution in [2.45, 2.75) is 37.3 Å². The molecule has 160 valence electrons. The Labute approximate surface area is 170 Å². The topological polar surface area (TPSA) is 89.7 Å². The van der Waals surface area contributed by atoms with E-state index >= 15 is 0 Å². The summed E-state index contributed by atoms with van der Waals surface area (Å²) >= 11 is 0. The molecule has 0 unspecified atom stereocenters. The zero-order valence-electron chi connectivity index (χ0n) is 16.1. The lowest BCUT2D eigenvalue weighted by Gasteiger charge is -2.41. The minimum atomic E-state index is -4.30. The zero-order chi connectivity index (χ0) is 22.1. The second-order valence-electron chi connectivity index (χ2n) is 7.43. The second kappa shape index (κ2) is 7.97. The first kappa shape index (κ1) is 21.6. The van der Waals surface area contributed by atoms with Crippen LogP contribution in [0.4, 0.5) is 18.9 Å². The van der Waals surface area contributed by atoms with E-state index in [1.165, 1.54) is 37.4 Å². The first-order chi connectivity index (χ1) is 14.1. The summed E-state index contributed by atoms with van der Waals surface area (Å²) in [6.45, 7) is 0. The Balaban J connectivity index is 2.08. The smallest absolute Gasteiger partial charge is 0.391 e. The molecule has 0 aromatic heterocycles. The van der Waals surface area contributed by atoms with Crippen molar-refractivity contribution in [2.75, 3.05) is 7.11 Å². The van der Waals surface area contributed by atoms with E-state index in [1.54, 1.807) is 12.1 Å². The van der Waals surface area contributed by atoms with E-state index in [2.05, 4.69) is 4.74 Å². The summed E-state index contributed by atoms with van der Waals surface area (Å²) in [6, 6.07) is 10.2. The van der Waals surface area contributed by atoms with Gasteiger partial charge in [-0.3, -0.25) is 10.1 Å². The summed E-state index contributed by atoms with van der Waals surface area (Å²) in [4.78, 5) is 22.3. The number of hydrogen-bond donors (Lipinski definition) is 1. The highest BCUT2D eigenvalue weighted by Gasteiger charge is 2.47. The van der Waals surface area contributed by atoms with Crippen LogP contribution in [0, 0.1) is 16.0 Å². The summed E-state index contributed by atoms with van der Waals surface area (Å²) in [5.41, 5.74) is -0.0169. The lowest BCUT2D eigenvalue weighted by Crippen LogP contribution is -2.37. The van der Waals surface area contributed by atoms with Crippen LogP contribution in [-0.2, 0) is 10.2 Å². The molecule has 9 heteroatoms. The van der Waals surface area contributed by atoms with Gasteiger partial charge in [-0.15, -0.1) is 0 Å². The molecule has 1 aliphatic rings. The van der Waals surface area contributed by atoms with Gasteiger partial charge in [0.1, 0.15) is 0 Å². The van der Waals surface area contributed by atoms with Crippen LogP contribution in [-0.4, -0.2) is 29.3 Å². The van der Waals surface area contributed by atoms with Crippen LogP contribution in [0.3, 0.4) is 0 Å². The minimum Gasteiger partial charge on any atom is -0.502 e. The number of carbonyl (C=O) groups is 1. The van der Waals surface area contributed by atoms with Gasteiger partial charge >= 0.3 is 17.8 Å². The number of rotatable bonds is 4. The number of phenols is 1. The number of methoxy groups -OCH3 is 1. The van der Waals surface area contributed by atoms with Gasteiger partial charge in [-0.25, -0.2) is 4.79 Å². The number of carbonyl (C=O) groups excluding carboxylic acids is 1. The molecule has 2 aromatic carbocycles. The Kier molecular flexibility index (Phi) is 5.74. The zero-order valence-corrected chi connectivity index (χ0v) is 16.1. The fraction of sp³-hybridized carbons (Fsp3) is 0.381. The number of ether oxygens (including phenoxy) is 1. The summed E-state index contributed by atoms with van der Waals surface area (Å²) in [5, 5.41) is 21.1. The van der Waals surface area contributed by atoms with Crippen LogP contribution in [0.15, 0.2) is 42.5 Å². The molecule has 0 heterocycles. The number of nitro benzene ring substituents is 1.